The Morgan fingerprint density at radius 1 is 0.711 bits per heavy atom. The second-order valence-electron chi connectivity index (χ2n) is 8.53. The summed E-state index contributed by atoms with van der Waals surface area (Å²) in [5.74, 6) is -1.15. The van der Waals surface area contributed by atoms with Crippen LogP contribution in [0.1, 0.15) is 36.1 Å². The summed E-state index contributed by atoms with van der Waals surface area (Å²) in [5, 5.41) is 0. The molecule has 5 nitrogen and oxygen atoms in total. The van der Waals surface area contributed by atoms with Crippen LogP contribution < -0.4 is 9.47 Å². The highest BCUT2D eigenvalue weighted by atomic mass is 19.1. The van der Waals surface area contributed by atoms with Gasteiger partial charge in [-0.15, -0.1) is 0 Å². The standard InChI is InChI=1S/C32H29FO5/c1-22(2)31(34)37-20-19-36-28-16-13-26(14-17-28)10-9-24-5-7-25(8-6-24)11-12-27-15-18-30(29(33)21-27)38-32(35)23(3)4/h5-18,21H,1,3,19-20H2,2,4H3/b10-9+,12-11+. The largest absolute Gasteiger partial charge is 0.490 e. The highest BCUT2D eigenvalue weighted by Gasteiger charge is 2.10. The van der Waals surface area contributed by atoms with Crippen molar-refractivity contribution in [3.63, 3.8) is 0 Å². The quantitative estimate of drug-likeness (QED) is 0.0898. The van der Waals surface area contributed by atoms with E-state index in [0.717, 1.165) is 16.7 Å². The smallest absolute Gasteiger partial charge is 0.338 e. The molecule has 3 rings (SSSR count). The zero-order chi connectivity index (χ0) is 27.5. The summed E-state index contributed by atoms with van der Waals surface area (Å²) in [7, 11) is 0. The minimum atomic E-state index is -0.664. The maximum Gasteiger partial charge on any atom is 0.338 e. The van der Waals surface area contributed by atoms with Crippen LogP contribution in [0.4, 0.5) is 4.39 Å². The van der Waals surface area contributed by atoms with Crippen molar-refractivity contribution in [1.82, 2.24) is 0 Å². The molecule has 0 unspecified atom stereocenters. The molecule has 194 valence electrons. The molecule has 0 aromatic heterocycles. The monoisotopic (exact) mass is 512 g/mol. The van der Waals surface area contributed by atoms with Gasteiger partial charge < -0.3 is 14.2 Å². The zero-order valence-electron chi connectivity index (χ0n) is 21.4. The molecule has 0 N–H and O–H groups in total. The maximum atomic E-state index is 14.2. The van der Waals surface area contributed by atoms with Crippen molar-refractivity contribution in [2.45, 2.75) is 13.8 Å². The van der Waals surface area contributed by atoms with Gasteiger partial charge >= 0.3 is 11.9 Å². The van der Waals surface area contributed by atoms with Crippen molar-refractivity contribution in [1.29, 1.82) is 0 Å². The highest BCUT2D eigenvalue weighted by molar-refractivity contribution is 5.89. The van der Waals surface area contributed by atoms with E-state index in [-0.39, 0.29) is 24.5 Å². The van der Waals surface area contributed by atoms with Crippen LogP contribution in [0.5, 0.6) is 11.5 Å². The van der Waals surface area contributed by atoms with Crippen molar-refractivity contribution in [3.8, 4) is 11.5 Å². The van der Waals surface area contributed by atoms with E-state index in [1.165, 1.54) is 19.1 Å². The Kier molecular flexibility index (Phi) is 9.94. The van der Waals surface area contributed by atoms with Gasteiger partial charge in [0.1, 0.15) is 19.0 Å². The average Bonchev–Trinajstić information content (AvgIpc) is 2.91. The predicted molar refractivity (Wildman–Crippen MR) is 149 cm³/mol. The lowest BCUT2D eigenvalue weighted by Crippen LogP contribution is -2.12. The number of halogens is 1. The van der Waals surface area contributed by atoms with Crippen molar-refractivity contribution in [3.05, 3.63) is 119 Å². The van der Waals surface area contributed by atoms with Crippen molar-refractivity contribution < 1.29 is 28.2 Å². The molecule has 0 radical (unpaired) electrons. The molecule has 0 aliphatic carbocycles. The fraction of sp³-hybridized carbons (Fsp3) is 0.125. The molecular formula is C32H29FO5. The summed E-state index contributed by atoms with van der Waals surface area (Å²) < 4.78 is 29.8. The summed E-state index contributed by atoms with van der Waals surface area (Å²) in [6, 6.07) is 19.9. The van der Waals surface area contributed by atoms with E-state index in [2.05, 4.69) is 13.2 Å². The first-order chi connectivity index (χ1) is 18.2. The molecule has 0 atom stereocenters. The Hall–Kier alpha value is -4.71. The van der Waals surface area contributed by atoms with Gasteiger partial charge in [-0.2, -0.15) is 0 Å². The van der Waals surface area contributed by atoms with Gasteiger partial charge in [-0.25, -0.2) is 14.0 Å². The van der Waals surface area contributed by atoms with Crippen LogP contribution in [-0.2, 0) is 14.3 Å². The average molecular weight is 513 g/mol. The van der Waals surface area contributed by atoms with Gasteiger partial charge in [-0.1, -0.05) is 79.9 Å². The maximum absolute atomic E-state index is 14.2. The fourth-order valence-corrected chi connectivity index (χ4v) is 3.09. The molecule has 0 amide bonds. The second-order valence-corrected chi connectivity index (χ2v) is 8.53. The van der Waals surface area contributed by atoms with Crippen LogP contribution in [0.15, 0.2) is 91.0 Å². The Morgan fingerprint density at radius 3 is 1.68 bits per heavy atom. The third-order valence-electron chi connectivity index (χ3n) is 5.19. The Morgan fingerprint density at radius 2 is 1.18 bits per heavy atom. The van der Waals surface area contributed by atoms with E-state index < -0.39 is 17.8 Å². The highest BCUT2D eigenvalue weighted by Crippen LogP contribution is 2.21. The number of hydrogen-bond acceptors (Lipinski definition) is 5. The van der Waals surface area contributed by atoms with Crippen LogP contribution in [0.3, 0.4) is 0 Å². The molecule has 3 aromatic rings. The van der Waals surface area contributed by atoms with Crippen LogP contribution in [0.25, 0.3) is 24.3 Å². The lowest BCUT2D eigenvalue weighted by molar-refractivity contribution is -0.139. The lowest BCUT2D eigenvalue weighted by Gasteiger charge is -2.07. The fourth-order valence-electron chi connectivity index (χ4n) is 3.09. The third-order valence-corrected chi connectivity index (χ3v) is 5.19. The van der Waals surface area contributed by atoms with E-state index in [9.17, 15) is 14.0 Å². The van der Waals surface area contributed by atoms with Crippen molar-refractivity contribution >= 4 is 36.2 Å². The van der Waals surface area contributed by atoms with Gasteiger partial charge in [0.2, 0.25) is 0 Å². The molecular weight excluding hydrogens is 483 g/mol. The SMILES string of the molecule is C=C(C)C(=O)OCCOc1ccc(/C=C/c2ccc(/C=C/c3ccc(OC(=O)C(=C)C)c(F)c3)cc2)cc1. The topological polar surface area (TPSA) is 61.8 Å². The molecule has 0 aliphatic rings. The van der Waals surface area contributed by atoms with Crippen LogP contribution >= 0.6 is 0 Å². The molecule has 0 saturated heterocycles. The molecule has 6 heteroatoms. The third kappa shape index (κ3) is 8.75. The molecule has 0 bridgehead atoms. The van der Waals surface area contributed by atoms with Crippen LogP contribution in [0, 0.1) is 5.82 Å². The summed E-state index contributed by atoms with van der Waals surface area (Å²) in [4.78, 5) is 22.9. The van der Waals surface area contributed by atoms with Crippen molar-refractivity contribution in [2.75, 3.05) is 13.2 Å². The van der Waals surface area contributed by atoms with E-state index in [1.807, 2.05) is 66.8 Å². The number of esters is 2. The van der Waals surface area contributed by atoms with Crippen LogP contribution in [-0.4, -0.2) is 25.2 Å². The molecule has 38 heavy (non-hydrogen) atoms. The van der Waals surface area contributed by atoms with E-state index in [0.29, 0.717) is 16.9 Å². The molecule has 0 fully saturated rings. The zero-order valence-corrected chi connectivity index (χ0v) is 21.4. The van der Waals surface area contributed by atoms with Crippen molar-refractivity contribution in [2.24, 2.45) is 0 Å². The Balaban J connectivity index is 1.51. The summed E-state index contributed by atoms with van der Waals surface area (Å²) >= 11 is 0. The van der Waals surface area contributed by atoms with E-state index >= 15 is 0 Å². The first kappa shape index (κ1) is 27.9. The van der Waals surface area contributed by atoms with Gasteiger partial charge in [0.15, 0.2) is 11.6 Å². The lowest BCUT2D eigenvalue weighted by atomic mass is 10.1. The number of carbonyl (C=O) groups is 2. The predicted octanol–water partition coefficient (Wildman–Crippen LogP) is 7.15. The first-order valence-electron chi connectivity index (χ1n) is 11.9. The molecule has 0 saturated carbocycles. The van der Waals surface area contributed by atoms with Crippen LogP contribution in [0.2, 0.25) is 0 Å². The number of hydrogen-bond donors (Lipinski definition) is 0. The van der Waals surface area contributed by atoms with Gasteiger partial charge in [0.05, 0.1) is 0 Å². The number of carbonyl (C=O) groups excluding carboxylic acids is 2. The summed E-state index contributed by atoms with van der Waals surface area (Å²) in [6.45, 7) is 10.5. The Bertz CT molecular complexity index is 1370. The summed E-state index contributed by atoms with van der Waals surface area (Å²) in [5.41, 5.74) is 4.19. The minimum absolute atomic E-state index is 0.130. The molecule has 0 heterocycles. The number of rotatable bonds is 11. The Labute approximate surface area is 222 Å². The summed E-state index contributed by atoms with van der Waals surface area (Å²) in [6.07, 6.45) is 7.65. The molecule has 3 aromatic carbocycles. The number of benzene rings is 3. The van der Waals surface area contributed by atoms with Gasteiger partial charge in [-0.3, -0.25) is 0 Å². The van der Waals surface area contributed by atoms with Gasteiger partial charge in [0.25, 0.3) is 0 Å². The van der Waals surface area contributed by atoms with E-state index in [4.69, 9.17) is 14.2 Å². The first-order valence-corrected chi connectivity index (χ1v) is 11.9. The minimum Gasteiger partial charge on any atom is -0.490 e. The van der Waals surface area contributed by atoms with Gasteiger partial charge in [0, 0.05) is 11.1 Å². The normalized spacial score (nSPS) is 10.9. The molecule has 0 spiro atoms. The number of ether oxygens (including phenoxy) is 3. The van der Waals surface area contributed by atoms with E-state index in [1.54, 1.807) is 19.1 Å². The van der Waals surface area contributed by atoms with Gasteiger partial charge in [-0.05, 0) is 60.4 Å². The molecule has 0 aliphatic heterocycles. The second kappa shape index (κ2) is 13.6.